The Morgan fingerprint density at radius 2 is 0.875 bits per heavy atom. The number of benzene rings is 6. The van der Waals surface area contributed by atoms with Gasteiger partial charge in [-0.3, -0.25) is 15.0 Å². The molecule has 9 rings (SSSR count). The van der Waals surface area contributed by atoms with Gasteiger partial charge in [0, 0.05) is 53.9 Å². The molecule has 0 N–H and O–H groups in total. The summed E-state index contributed by atoms with van der Waals surface area (Å²) in [7, 11) is 0. The molecule has 0 aliphatic carbocycles. The highest BCUT2D eigenvalue weighted by molar-refractivity contribution is 6.21. The van der Waals surface area contributed by atoms with Gasteiger partial charge in [-0.2, -0.15) is 0 Å². The molecule has 6 aromatic carbocycles. The summed E-state index contributed by atoms with van der Waals surface area (Å²) in [6.07, 6.45) is 11.2. The van der Waals surface area contributed by atoms with E-state index in [1.807, 2.05) is 55.4 Å². The Bertz CT molecular complexity index is 2540. The topological polar surface area (TPSA) is 38.7 Å². The van der Waals surface area contributed by atoms with Gasteiger partial charge < -0.3 is 0 Å². The van der Waals surface area contributed by atoms with E-state index in [-0.39, 0.29) is 0 Å². The minimum absolute atomic E-state index is 1.08. The summed E-state index contributed by atoms with van der Waals surface area (Å²) in [5, 5.41) is 7.40. The van der Waals surface area contributed by atoms with E-state index in [2.05, 4.69) is 136 Å². The van der Waals surface area contributed by atoms with Crippen LogP contribution in [0.15, 0.2) is 177 Å². The molecule has 0 unspecified atom stereocenters. The SMILES string of the molecule is c1cncc(-c2cccc3cc(-c4c5ccccc5c(-c5ccc(-c6cncc(-c7ccncc7)c6)cc5)c5ccccc45)ccc23)c1. The smallest absolute Gasteiger partial charge is 0.0346 e. The van der Waals surface area contributed by atoms with Gasteiger partial charge in [-0.15, -0.1) is 0 Å². The van der Waals surface area contributed by atoms with Gasteiger partial charge in [0.1, 0.15) is 0 Å². The molecule has 0 saturated heterocycles. The molecule has 0 atom stereocenters. The molecule has 0 aliphatic rings. The Morgan fingerprint density at radius 3 is 1.52 bits per heavy atom. The average Bonchev–Trinajstić information content (AvgIpc) is 3.17. The highest BCUT2D eigenvalue weighted by Gasteiger charge is 2.17. The van der Waals surface area contributed by atoms with E-state index in [4.69, 9.17) is 0 Å². The monoisotopic (exact) mass is 611 g/mol. The van der Waals surface area contributed by atoms with Crippen molar-refractivity contribution in [1.29, 1.82) is 0 Å². The van der Waals surface area contributed by atoms with Crippen LogP contribution in [-0.2, 0) is 0 Å². The zero-order chi connectivity index (χ0) is 31.9. The summed E-state index contributed by atoms with van der Waals surface area (Å²) < 4.78 is 0. The largest absolute Gasteiger partial charge is 0.265 e. The molecule has 48 heavy (non-hydrogen) atoms. The van der Waals surface area contributed by atoms with Crippen LogP contribution in [0.4, 0.5) is 0 Å². The van der Waals surface area contributed by atoms with Crippen LogP contribution in [0.5, 0.6) is 0 Å². The first-order chi connectivity index (χ1) is 23.8. The molecule has 3 aromatic heterocycles. The van der Waals surface area contributed by atoms with Crippen molar-refractivity contribution in [2.75, 3.05) is 0 Å². The van der Waals surface area contributed by atoms with Crippen molar-refractivity contribution in [3.63, 3.8) is 0 Å². The molecule has 3 nitrogen and oxygen atoms in total. The van der Waals surface area contributed by atoms with Crippen LogP contribution in [0.2, 0.25) is 0 Å². The van der Waals surface area contributed by atoms with Crippen LogP contribution < -0.4 is 0 Å². The van der Waals surface area contributed by atoms with E-state index in [0.717, 1.165) is 27.8 Å². The fourth-order valence-electron chi connectivity index (χ4n) is 7.09. The number of pyridine rings is 3. The Balaban J connectivity index is 1.19. The van der Waals surface area contributed by atoms with E-state index >= 15 is 0 Å². The van der Waals surface area contributed by atoms with Gasteiger partial charge in [-0.05, 0) is 102 Å². The second-order valence-corrected chi connectivity index (χ2v) is 12.1. The number of rotatable bonds is 5. The number of aromatic nitrogens is 3. The second kappa shape index (κ2) is 11.7. The highest BCUT2D eigenvalue weighted by atomic mass is 14.6. The van der Waals surface area contributed by atoms with Crippen molar-refractivity contribution in [3.8, 4) is 55.6 Å². The number of hydrogen-bond donors (Lipinski definition) is 0. The Morgan fingerprint density at radius 1 is 0.292 bits per heavy atom. The average molecular weight is 612 g/mol. The molecule has 0 aliphatic heterocycles. The first-order valence-electron chi connectivity index (χ1n) is 16.2. The van der Waals surface area contributed by atoms with Crippen molar-refractivity contribution < 1.29 is 0 Å². The molecule has 224 valence electrons. The Hall–Kier alpha value is -6.45. The van der Waals surface area contributed by atoms with Crippen molar-refractivity contribution in [2.45, 2.75) is 0 Å². The third-order valence-electron chi connectivity index (χ3n) is 9.33. The van der Waals surface area contributed by atoms with Crippen LogP contribution in [0.3, 0.4) is 0 Å². The molecule has 3 heterocycles. The third kappa shape index (κ3) is 4.81. The molecule has 0 bridgehead atoms. The summed E-state index contributed by atoms with van der Waals surface area (Å²) in [6.45, 7) is 0. The highest BCUT2D eigenvalue weighted by Crippen LogP contribution is 2.44. The van der Waals surface area contributed by atoms with E-state index < -0.39 is 0 Å². The second-order valence-electron chi connectivity index (χ2n) is 12.1. The Labute approximate surface area is 278 Å². The van der Waals surface area contributed by atoms with Crippen LogP contribution in [0.25, 0.3) is 88.0 Å². The molecule has 0 amide bonds. The maximum Gasteiger partial charge on any atom is 0.0346 e. The fourth-order valence-corrected chi connectivity index (χ4v) is 7.09. The van der Waals surface area contributed by atoms with Crippen molar-refractivity contribution in [3.05, 3.63) is 177 Å². The summed E-state index contributed by atoms with van der Waals surface area (Å²) >= 11 is 0. The number of nitrogens with zero attached hydrogens (tertiary/aromatic N) is 3. The predicted octanol–water partition coefficient (Wildman–Crippen LogP) is 11.7. The fraction of sp³-hybridized carbons (Fsp3) is 0. The standard InChI is InChI=1S/C45H29N3/c1-3-11-42-40(9-1)44(32-16-14-30(15-17-32)36-26-37(29-48-28-36)31-20-23-46-24-21-31)41-10-2-4-12-43(41)45(42)34-18-19-39-33(25-34)7-5-13-38(39)35-8-6-22-47-27-35/h1-29H. The van der Waals surface area contributed by atoms with Crippen molar-refractivity contribution in [2.24, 2.45) is 0 Å². The molecule has 3 heteroatoms. The predicted molar refractivity (Wildman–Crippen MR) is 200 cm³/mol. The van der Waals surface area contributed by atoms with E-state index in [1.165, 1.54) is 60.1 Å². The van der Waals surface area contributed by atoms with Gasteiger partial charge in [0.05, 0.1) is 0 Å². The van der Waals surface area contributed by atoms with Gasteiger partial charge in [0.2, 0.25) is 0 Å². The molecule has 0 spiro atoms. The lowest BCUT2D eigenvalue weighted by atomic mass is 9.85. The lowest BCUT2D eigenvalue weighted by Gasteiger charge is -2.18. The molecule has 0 saturated carbocycles. The molecule has 9 aromatic rings. The van der Waals surface area contributed by atoms with Gasteiger partial charge >= 0.3 is 0 Å². The zero-order valence-corrected chi connectivity index (χ0v) is 26.1. The van der Waals surface area contributed by atoms with E-state index in [0.29, 0.717) is 0 Å². The molecular weight excluding hydrogens is 583 g/mol. The maximum atomic E-state index is 4.55. The zero-order valence-electron chi connectivity index (χ0n) is 26.1. The minimum Gasteiger partial charge on any atom is -0.265 e. The third-order valence-corrected chi connectivity index (χ3v) is 9.33. The van der Waals surface area contributed by atoms with Crippen LogP contribution in [0.1, 0.15) is 0 Å². The first kappa shape index (κ1) is 27.8. The van der Waals surface area contributed by atoms with Crippen molar-refractivity contribution >= 4 is 32.3 Å². The van der Waals surface area contributed by atoms with Gasteiger partial charge in [-0.1, -0.05) is 109 Å². The van der Waals surface area contributed by atoms with Gasteiger partial charge in [0.25, 0.3) is 0 Å². The quantitative estimate of drug-likeness (QED) is 0.182. The number of fused-ring (bicyclic) bond motifs is 3. The summed E-state index contributed by atoms with van der Waals surface area (Å²) in [4.78, 5) is 13.1. The van der Waals surface area contributed by atoms with Crippen LogP contribution in [-0.4, -0.2) is 15.0 Å². The molecular formula is C45H29N3. The molecule has 0 radical (unpaired) electrons. The van der Waals surface area contributed by atoms with Crippen LogP contribution >= 0.6 is 0 Å². The van der Waals surface area contributed by atoms with Crippen molar-refractivity contribution in [1.82, 2.24) is 15.0 Å². The number of hydrogen-bond acceptors (Lipinski definition) is 3. The van der Waals surface area contributed by atoms with E-state index in [9.17, 15) is 0 Å². The first-order valence-corrected chi connectivity index (χ1v) is 16.2. The normalized spacial score (nSPS) is 11.3. The summed E-state index contributed by atoms with van der Waals surface area (Å²) in [6, 6.07) is 50.3. The van der Waals surface area contributed by atoms with Gasteiger partial charge in [-0.25, -0.2) is 0 Å². The summed E-state index contributed by atoms with van der Waals surface area (Å²) in [5.74, 6) is 0. The van der Waals surface area contributed by atoms with Crippen LogP contribution in [0, 0.1) is 0 Å². The minimum atomic E-state index is 1.08. The Kier molecular flexibility index (Phi) is 6.80. The summed E-state index contributed by atoms with van der Waals surface area (Å²) in [5.41, 5.74) is 11.6. The molecule has 0 fully saturated rings. The maximum absolute atomic E-state index is 4.55. The van der Waals surface area contributed by atoms with E-state index in [1.54, 1.807) is 0 Å². The van der Waals surface area contributed by atoms with Gasteiger partial charge in [0.15, 0.2) is 0 Å². The lowest BCUT2D eigenvalue weighted by Crippen LogP contribution is -1.91. The lowest BCUT2D eigenvalue weighted by molar-refractivity contribution is 1.30.